The maximum Gasteiger partial charge on any atom is 0.0669 e. The van der Waals surface area contributed by atoms with Crippen LogP contribution in [0.4, 0.5) is 0 Å². The molecule has 0 bridgehead atoms. The highest BCUT2D eigenvalue weighted by molar-refractivity contribution is 6.20. The molecule has 5 aromatic carbocycles. The van der Waals surface area contributed by atoms with Gasteiger partial charge in [-0.25, -0.2) is 0 Å². The summed E-state index contributed by atoms with van der Waals surface area (Å²) in [4.78, 5) is 0. The average molecular weight is 355 g/mol. The second-order valence-corrected chi connectivity index (χ2v) is 7.61. The van der Waals surface area contributed by atoms with E-state index in [0.717, 1.165) is 12.0 Å². The summed E-state index contributed by atoms with van der Waals surface area (Å²) in [7, 11) is 0. The van der Waals surface area contributed by atoms with Crippen molar-refractivity contribution in [3.63, 3.8) is 0 Å². The number of rotatable bonds is 2. The van der Waals surface area contributed by atoms with Gasteiger partial charge < -0.3 is 0 Å². The maximum atomic E-state index is 9.45. The van der Waals surface area contributed by atoms with E-state index in [1.807, 2.05) is 0 Å². The monoisotopic (exact) mass is 355 g/mol. The van der Waals surface area contributed by atoms with Crippen LogP contribution in [0.1, 0.15) is 16.7 Å². The zero-order chi connectivity index (χ0) is 18.7. The van der Waals surface area contributed by atoms with Gasteiger partial charge in [-0.2, -0.15) is 5.26 Å². The minimum Gasteiger partial charge on any atom is -0.198 e. The lowest BCUT2D eigenvalue weighted by molar-refractivity contribution is 1.27. The fourth-order valence-electron chi connectivity index (χ4n) is 4.97. The van der Waals surface area contributed by atoms with Crippen LogP contribution in [0.5, 0.6) is 0 Å². The van der Waals surface area contributed by atoms with Crippen molar-refractivity contribution in [3.8, 4) is 17.2 Å². The lowest BCUT2D eigenvalue weighted by atomic mass is 9.87. The Morgan fingerprint density at radius 3 is 2.36 bits per heavy atom. The summed E-state index contributed by atoms with van der Waals surface area (Å²) >= 11 is 0. The van der Waals surface area contributed by atoms with E-state index in [1.54, 1.807) is 0 Å². The molecule has 1 heteroatoms. The molecule has 0 aromatic heterocycles. The van der Waals surface area contributed by atoms with Gasteiger partial charge in [0.25, 0.3) is 0 Å². The minimum atomic E-state index is 0.416. The molecule has 0 N–H and O–H groups in total. The highest BCUT2D eigenvalue weighted by atomic mass is 14.3. The number of nitriles is 1. The number of nitrogens with zero attached hydrogens (tertiary/aromatic N) is 1. The third-order valence-electron chi connectivity index (χ3n) is 6.11. The normalized spacial score (nSPS) is 12.2. The zero-order valence-electron chi connectivity index (χ0n) is 15.4. The second kappa shape index (κ2) is 5.68. The van der Waals surface area contributed by atoms with Gasteiger partial charge in [-0.15, -0.1) is 0 Å². The van der Waals surface area contributed by atoms with Crippen molar-refractivity contribution < 1.29 is 0 Å². The molecule has 1 aliphatic carbocycles. The number of hydrogen-bond donors (Lipinski definition) is 0. The predicted molar refractivity (Wildman–Crippen MR) is 117 cm³/mol. The molecule has 28 heavy (non-hydrogen) atoms. The molecular weight excluding hydrogens is 338 g/mol. The molecule has 6 rings (SSSR count). The van der Waals surface area contributed by atoms with Crippen molar-refractivity contribution in [1.29, 1.82) is 5.26 Å². The topological polar surface area (TPSA) is 23.8 Å². The van der Waals surface area contributed by atoms with Gasteiger partial charge in [0.05, 0.1) is 12.5 Å². The molecule has 0 atom stereocenters. The Balaban J connectivity index is 1.84. The average Bonchev–Trinajstić information content (AvgIpc) is 3.12. The van der Waals surface area contributed by atoms with Crippen molar-refractivity contribution in [2.45, 2.75) is 12.8 Å². The lowest BCUT2D eigenvalue weighted by Crippen LogP contribution is -1.93. The first-order valence-corrected chi connectivity index (χ1v) is 9.69. The van der Waals surface area contributed by atoms with Gasteiger partial charge in [-0.3, -0.25) is 0 Å². The molecule has 1 nitrogen and oxygen atoms in total. The third kappa shape index (κ3) is 2.01. The first-order valence-electron chi connectivity index (χ1n) is 9.69. The summed E-state index contributed by atoms with van der Waals surface area (Å²) in [6.07, 6.45) is 1.42. The molecular formula is C27H17N. The Morgan fingerprint density at radius 1 is 0.714 bits per heavy atom. The molecule has 0 spiro atoms. The molecule has 0 amide bonds. The summed E-state index contributed by atoms with van der Waals surface area (Å²) in [5, 5.41) is 17.3. The summed E-state index contributed by atoms with van der Waals surface area (Å²) in [5.74, 6) is 0. The van der Waals surface area contributed by atoms with E-state index in [4.69, 9.17) is 0 Å². The van der Waals surface area contributed by atoms with E-state index in [2.05, 4.69) is 84.9 Å². The van der Waals surface area contributed by atoms with Gasteiger partial charge >= 0.3 is 0 Å². The molecule has 0 aliphatic heterocycles. The van der Waals surface area contributed by atoms with Crippen molar-refractivity contribution >= 4 is 32.3 Å². The first-order chi connectivity index (χ1) is 13.8. The molecule has 0 fully saturated rings. The molecule has 1 aliphatic rings. The van der Waals surface area contributed by atoms with Crippen LogP contribution >= 0.6 is 0 Å². The molecule has 0 saturated heterocycles. The Labute approximate surface area is 163 Å². The fourth-order valence-corrected chi connectivity index (χ4v) is 4.97. The highest BCUT2D eigenvalue weighted by Gasteiger charge is 2.21. The van der Waals surface area contributed by atoms with Gasteiger partial charge in [-0.05, 0) is 72.6 Å². The standard InChI is InChI=1S/C27H17N/c28-14-13-18-12-11-17-5-1-2-9-22(17)26(18)24-16-21-7-3-6-19-15-20-8-4-10-23(24)27(20)25(19)21/h1-12,16H,13,15H2. The number of hydrogen-bond acceptors (Lipinski definition) is 1. The first kappa shape index (κ1) is 15.4. The van der Waals surface area contributed by atoms with Gasteiger partial charge in [0.15, 0.2) is 0 Å². The van der Waals surface area contributed by atoms with Crippen LogP contribution in [-0.4, -0.2) is 0 Å². The highest BCUT2D eigenvalue weighted by Crippen LogP contribution is 2.45. The molecule has 5 aromatic rings. The Morgan fingerprint density at radius 2 is 1.46 bits per heavy atom. The van der Waals surface area contributed by atoms with Crippen LogP contribution in [0, 0.1) is 11.3 Å². The molecule has 0 saturated carbocycles. The van der Waals surface area contributed by atoms with Crippen molar-refractivity contribution in [2.75, 3.05) is 0 Å². The van der Waals surface area contributed by atoms with E-state index in [1.165, 1.54) is 54.6 Å². The van der Waals surface area contributed by atoms with Gasteiger partial charge in [0, 0.05) is 0 Å². The fraction of sp³-hybridized carbons (Fsp3) is 0.0741. The molecule has 130 valence electrons. The quantitative estimate of drug-likeness (QED) is 0.314. The Kier molecular flexibility index (Phi) is 3.13. The molecule has 0 unspecified atom stereocenters. The minimum absolute atomic E-state index is 0.416. The maximum absolute atomic E-state index is 9.45. The zero-order valence-corrected chi connectivity index (χ0v) is 15.4. The summed E-state index contributed by atoms with van der Waals surface area (Å²) in [5.41, 5.74) is 6.38. The van der Waals surface area contributed by atoms with Crippen LogP contribution in [0.25, 0.3) is 43.4 Å². The molecule has 0 radical (unpaired) electrons. The smallest absolute Gasteiger partial charge is 0.0669 e. The van der Waals surface area contributed by atoms with Gasteiger partial charge in [0.1, 0.15) is 0 Å². The number of benzene rings is 5. The van der Waals surface area contributed by atoms with E-state index in [0.29, 0.717) is 6.42 Å². The van der Waals surface area contributed by atoms with Crippen LogP contribution in [0.2, 0.25) is 0 Å². The van der Waals surface area contributed by atoms with Gasteiger partial charge in [0.2, 0.25) is 0 Å². The van der Waals surface area contributed by atoms with Crippen LogP contribution < -0.4 is 0 Å². The Hall–Kier alpha value is -3.63. The molecule has 0 heterocycles. The van der Waals surface area contributed by atoms with Crippen LogP contribution in [0.15, 0.2) is 78.9 Å². The SMILES string of the molecule is N#CCc1ccc2ccccc2c1-c1cc2cccc3c2c2c(cccc12)C3. The summed E-state index contributed by atoms with van der Waals surface area (Å²) in [6, 6.07) is 30.8. The second-order valence-electron chi connectivity index (χ2n) is 7.61. The Bertz CT molecular complexity index is 1470. The van der Waals surface area contributed by atoms with E-state index >= 15 is 0 Å². The number of fused-ring (bicyclic) bond motifs is 1. The van der Waals surface area contributed by atoms with Crippen LogP contribution in [-0.2, 0) is 12.8 Å². The summed E-state index contributed by atoms with van der Waals surface area (Å²) in [6.45, 7) is 0. The van der Waals surface area contributed by atoms with E-state index < -0.39 is 0 Å². The predicted octanol–water partition coefficient (Wildman–Crippen LogP) is 6.78. The van der Waals surface area contributed by atoms with Crippen LogP contribution in [0.3, 0.4) is 0 Å². The third-order valence-corrected chi connectivity index (χ3v) is 6.11. The van der Waals surface area contributed by atoms with E-state index in [9.17, 15) is 5.26 Å². The van der Waals surface area contributed by atoms with Crippen molar-refractivity contribution in [2.24, 2.45) is 0 Å². The van der Waals surface area contributed by atoms with Gasteiger partial charge in [-0.1, -0.05) is 72.8 Å². The summed E-state index contributed by atoms with van der Waals surface area (Å²) < 4.78 is 0. The lowest BCUT2D eigenvalue weighted by Gasteiger charge is -2.16. The van der Waals surface area contributed by atoms with E-state index in [-0.39, 0.29) is 0 Å². The largest absolute Gasteiger partial charge is 0.198 e. The van der Waals surface area contributed by atoms with Crippen molar-refractivity contribution in [1.82, 2.24) is 0 Å². The van der Waals surface area contributed by atoms with Crippen molar-refractivity contribution in [3.05, 3.63) is 95.6 Å².